The molecular formula is C6H11N. The Morgan fingerprint density at radius 1 is 1.29 bits per heavy atom. The van der Waals surface area contributed by atoms with Crippen LogP contribution in [0.5, 0.6) is 0 Å². The number of fused-ring (bicyclic) bond motifs is 1. The SMILES string of the molecule is CN1CC2CC2C1. The quantitative estimate of drug-likeness (QED) is 0.427. The summed E-state index contributed by atoms with van der Waals surface area (Å²) in [7, 11) is 2.21. The zero-order valence-corrected chi connectivity index (χ0v) is 4.72. The van der Waals surface area contributed by atoms with Crippen LogP contribution in [-0.2, 0) is 0 Å². The Morgan fingerprint density at radius 3 is 2.14 bits per heavy atom. The number of likely N-dealkylation sites (tertiary alicyclic amines) is 1. The lowest BCUT2D eigenvalue weighted by atomic mass is 10.4. The normalized spacial score (nSPS) is 49.3. The summed E-state index contributed by atoms with van der Waals surface area (Å²) in [5.41, 5.74) is 0. The molecule has 2 unspecified atom stereocenters. The largest absolute Gasteiger partial charge is 0.306 e. The van der Waals surface area contributed by atoms with Gasteiger partial charge in [0.15, 0.2) is 0 Å². The van der Waals surface area contributed by atoms with Gasteiger partial charge in [0.2, 0.25) is 0 Å². The van der Waals surface area contributed by atoms with Crippen molar-refractivity contribution in [3.63, 3.8) is 0 Å². The fraction of sp³-hybridized carbons (Fsp3) is 1.00. The van der Waals surface area contributed by atoms with E-state index >= 15 is 0 Å². The minimum atomic E-state index is 1.12. The van der Waals surface area contributed by atoms with E-state index in [9.17, 15) is 0 Å². The van der Waals surface area contributed by atoms with Gasteiger partial charge in [0.25, 0.3) is 0 Å². The molecule has 7 heavy (non-hydrogen) atoms. The van der Waals surface area contributed by atoms with E-state index in [4.69, 9.17) is 0 Å². The molecule has 2 fully saturated rings. The second kappa shape index (κ2) is 1.03. The number of hydrogen-bond acceptors (Lipinski definition) is 1. The van der Waals surface area contributed by atoms with Crippen molar-refractivity contribution >= 4 is 0 Å². The van der Waals surface area contributed by atoms with Crippen LogP contribution in [0.15, 0.2) is 0 Å². The first-order valence-corrected chi connectivity index (χ1v) is 3.05. The monoisotopic (exact) mass is 97.1 g/mol. The molecular weight excluding hydrogens is 86.1 g/mol. The van der Waals surface area contributed by atoms with Gasteiger partial charge >= 0.3 is 0 Å². The molecule has 0 radical (unpaired) electrons. The Balaban J connectivity index is 2.02. The Labute approximate surface area is 44.3 Å². The van der Waals surface area contributed by atoms with Gasteiger partial charge in [-0.2, -0.15) is 0 Å². The smallest absolute Gasteiger partial charge is 0.000997 e. The van der Waals surface area contributed by atoms with E-state index in [1.165, 1.54) is 19.5 Å². The van der Waals surface area contributed by atoms with Gasteiger partial charge in [0.1, 0.15) is 0 Å². The average Bonchev–Trinajstić information content (AvgIpc) is 2.15. The Morgan fingerprint density at radius 2 is 1.86 bits per heavy atom. The minimum Gasteiger partial charge on any atom is -0.306 e. The molecule has 0 spiro atoms. The molecule has 0 aromatic rings. The molecule has 1 heteroatoms. The van der Waals surface area contributed by atoms with E-state index in [0.717, 1.165) is 11.8 Å². The zero-order valence-electron chi connectivity index (χ0n) is 4.72. The first-order valence-electron chi connectivity index (χ1n) is 3.05. The highest BCUT2D eigenvalue weighted by Gasteiger charge is 2.43. The van der Waals surface area contributed by atoms with Crippen molar-refractivity contribution in [3.8, 4) is 0 Å². The number of piperidine rings is 1. The molecule has 0 amide bonds. The number of hydrogen-bond donors (Lipinski definition) is 0. The van der Waals surface area contributed by atoms with E-state index in [1.807, 2.05) is 0 Å². The lowest BCUT2D eigenvalue weighted by Crippen LogP contribution is -2.15. The van der Waals surface area contributed by atoms with Crippen LogP contribution in [0.25, 0.3) is 0 Å². The van der Waals surface area contributed by atoms with E-state index in [0.29, 0.717) is 0 Å². The third-order valence-corrected chi connectivity index (χ3v) is 2.16. The number of nitrogens with zero attached hydrogens (tertiary/aromatic N) is 1. The van der Waals surface area contributed by atoms with Gasteiger partial charge in [-0.15, -0.1) is 0 Å². The second-order valence-electron chi connectivity index (χ2n) is 2.98. The summed E-state index contributed by atoms with van der Waals surface area (Å²) in [6.45, 7) is 2.76. The summed E-state index contributed by atoms with van der Waals surface area (Å²) >= 11 is 0. The van der Waals surface area contributed by atoms with Crippen molar-refractivity contribution in [2.45, 2.75) is 6.42 Å². The van der Waals surface area contributed by atoms with Crippen molar-refractivity contribution in [1.82, 2.24) is 4.90 Å². The molecule has 0 bridgehead atoms. The van der Waals surface area contributed by atoms with Crippen LogP contribution in [0, 0.1) is 11.8 Å². The third-order valence-electron chi connectivity index (χ3n) is 2.16. The Kier molecular flexibility index (Phi) is 0.571. The van der Waals surface area contributed by atoms with Crippen LogP contribution in [0.2, 0.25) is 0 Å². The maximum Gasteiger partial charge on any atom is 0.000997 e. The fourth-order valence-electron chi connectivity index (χ4n) is 1.63. The topological polar surface area (TPSA) is 3.24 Å². The van der Waals surface area contributed by atoms with Crippen LogP contribution >= 0.6 is 0 Å². The van der Waals surface area contributed by atoms with Crippen LogP contribution in [0.3, 0.4) is 0 Å². The highest BCUT2D eigenvalue weighted by Crippen LogP contribution is 2.43. The maximum absolute atomic E-state index is 2.43. The molecule has 0 N–H and O–H groups in total. The van der Waals surface area contributed by atoms with Gasteiger partial charge in [-0.1, -0.05) is 0 Å². The Hall–Kier alpha value is -0.0400. The summed E-state index contributed by atoms with van der Waals surface area (Å²) < 4.78 is 0. The summed E-state index contributed by atoms with van der Waals surface area (Å²) in [5, 5.41) is 0. The molecule has 2 rings (SSSR count). The third kappa shape index (κ3) is 0.480. The highest BCUT2D eigenvalue weighted by atomic mass is 15.1. The minimum absolute atomic E-state index is 1.12. The van der Waals surface area contributed by atoms with E-state index < -0.39 is 0 Å². The zero-order chi connectivity index (χ0) is 4.85. The molecule has 1 nitrogen and oxygen atoms in total. The lowest BCUT2D eigenvalue weighted by molar-refractivity contribution is 0.373. The first-order chi connectivity index (χ1) is 3.36. The van der Waals surface area contributed by atoms with Gasteiger partial charge < -0.3 is 4.90 Å². The molecule has 0 aromatic heterocycles. The van der Waals surface area contributed by atoms with Gasteiger partial charge in [0.05, 0.1) is 0 Å². The molecule has 1 saturated heterocycles. The van der Waals surface area contributed by atoms with Crippen LogP contribution in [0.4, 0.5) is 0 Å². The van der Waals surface area contributed by atoms with Crippen LogP contribution in [-0.4, -0.2) is 25.0 Å². The van der Waals surface area contributed by atoms with Gasteiger partial charge in [-0.3, -0.25) is 0 Å². The van der Waals surface area contributed by atoms with E-state index in [1.54, 1.807) is 0 Å². The van der Waals surface area contributed by atoms with Crippen molar-refractivity contribution in [2.24, 2.45) is 11.8 Å². The predicted molar refractivity (Wildman–Crippen MR) is 29.1 cm³/mol. The van der Waals surface area contributed by atoms with Crippen molar-refractivity contribution in [2.75, 3.05) is 20.1 Å². The molecule has 1 heterocycles. The molecule has 0 aromatic carbocycles. The molecule has 1 saturated carbocycles. The lowest BCUT2D eigenvalue weighted by Gasteiger charge is -2.06. The van der Waals surface area contributed by atoms with Crippen molar-refractivity contribution in [3.05, 3.63) is 0 Å². The summed E-state index contributed by atoms with van der Waals surface area (Å²) in [6.07, 6.45) is 1.53. The van der Waals surface area contributed by atoms with Crippen LogP contribution < -0.4 is 0 Å². The predicted octanol–water partition coefficient (Wildman–Crippen LogP) is 0.568. The van der Waals surface area contributed by atoms with E-state index in [-0.39, 0.29) is 0 Å². The van der Waals surface area contributed by atoms with Crippen LogP contribution in [0.1, 0.15) is 6.42 Å². The molecule has 1 aliphatic heterocycles. The van der Waals surface area contributed by atoms with E-state index in [2.05, 4.69) is 11.9 Å². The second-order valence-corrected chi connectivity index (χ2v) is 2.98. The average molecular weight is 97.2 g/mol. The Bertz CT molecular complexity index is 80.2. The van der Waals surface area contributed by atoms with Gasteiger partial charge in [-0.05, 0) is 25.3 Å². The molecule has 2 atom stereocenters. The standard InChI is InChI=1S/C6H11N/c1-7-3-5-2-6(5)4-7/h5-6H,2-4H2,1H3. The van der Waals surface area contributed by atoms with Crippen molar-refractivity contribution in [1.29, 1.82) is 0 Å². The van der Waals surface area contributed by atoms with Gasteiger partial charge in [-0.25, -0.2) is 0 Å². The van der Waals surface area contributed by atoms with Gasteiger partial charge in [0, 0.05) is 13.1 Å². The first kappa shape index (κ1) is 3.90. The summed E-state index contributed by atoms with van der Waals surface area (Å²) in [6, 6.07) is 0. The summed E-state index contributed by atoms with van der Waals surface area (Å²) in [5.74, 6) is 2.23. The molecule has 1 aliphatic carbocycles. The number of rotatable bonds is 0. The fourth-order valence-corrected chi connectivity index (χ4v) is 1.63. The maximum atomic E-state index is 2.43. The summed E-state index contributed by atoms with van der Waals surface area (Å²) in [4.78, 5) is 2.43. The molecule has 2 aliphatic rings. The highest BCUT2D eigenvalue weighted by molar-refractivity contribution is 4.95. The molecule has 40 valence electrons. The van der Waals surface area contributed by atoms with Crippen molar-refractivity contribution < 1.29 is 0 Å².